The number of morpholine rings is 2. The zero-order valence-electron chi connectivity index (χ0n) is 20.5. The van der Waals surface area contributed by atoms with Crippen molar-refractivity contribution in [3.63, 3.8) is 0 Å². The molecule has 7 rings (SSSR count). The average Bonchev–Trinajstić information content (AvgIpc) is 3.59. The lowest BCUT2D eigenvalue weighted by Gasteiger charge is -2.37. The van der Waals surface area contributed by atoms with Crippen LogP contribution in [0.15, 0.2) is 59.9 Å². The topological polar surface area (TPSA) is 120 Å². The Hall–Kier alpha value is -4.42. The number of allylic oxidation sites excluding steroid dienone is 2. The van der Waals surface area contributed by atoms with E-state index < -0.39 is 0 Å². The molecule has 4 aromatic rings. The standard InChI is InChI=1S/C26H24N8O4/c35-25-22(32-11-15-38-16-12-32)24(34-20-8-4-2-6-18(20)28-30-34)26(36)21(31-9-13-37-14-10-31)23(25)33-19-7-3-1-5-17(19)27-29-33/h1-8H,9-16H2. The maximum absolute atomic E-state index is 14.6. The van der Waals surface area contributed by atoms with Crippen molar-refractivity contribution in [2.45, 2.75) is 0 Å². The van der Waals surface area contributed by atoms with Gasteiger partial charge in [0.1, 0.15) is 33.8 Å². The SMILES string of the molecule is O=C1C(N2CCOCC2)=C(n2nnc3ccccc32)C(=O)C(N2CCOCC2)=C1n1nnc2ccccc21. The number of rotatable bonds is 4. The van der Waals surface area contributed by atoms with Gasteiger partial charge in [-0.2, -0.15) is 0 Å². The van der Waals surface area contributed by atoms with Crippen LogP contribution in [0.4, 0.5) is 0 Å². The van der Waals surface area contributed by atoms with Gasteiger partial charge in [-0.25, -0.2) is 9.36 Å². The van der Waals surface area contributed by atoms with Gasteiger partial charge in [-0.05, 0) is 24.3 Å². The minimum atomic E-state index is -0.321. The van der Waals surface area contributed by atoms with Crippen LogP contribution in [0.1, 0.15) is 0 Å². The second kappa shape index (κ2) is 9.15. The van der Waals surface area contributed by atoms with E-state index in [4.69, 9.17) is 9.47 Å². The van der Waals surface area contributed by atoms with Crippen molar-refractivity contribution >= 4 is 45.0 Å². The van der Waals surface area contributed by atoms with E-state index in [1.54, 1.807) is 0 Å². The summed E-state index contributed by atoms with van der Waals surface area (Å²) in [7, 11) is 0. The van der Waals surface area contributed by atoms with Gasteiger partial charge in [-0.3, -0.25) is 9.59 Å². The normalized spacial score (nSPS) is 19.4. The van der Waals surface area contributed by atoms with Crippen LogP contribution in [0.2, 0.25) is 0 Å². The monoisotopic (exact) mass is 512 g/mol. The number of aromatic nitrogens is 6. The summed E-state index contributed by atoms with van der Waals surface area (Å²) in [5, 5.41) is 17.2. The minimum absolute atomic E-state index is 0.181. The molecular weight excluding hydrogens is 488 g/mol. The van der Waals surface area contributed by atoms with Gasteiger partial charge in [-0.1, -0.05) is 34.7 Å². The highest BCUT2D eigenvalue weighted by molar-refractivity contribution is 6.43. The van der Waals surface area contributed by atoms with Crippen LogP contribution in [0.3, 0.4) is 0 Å². The fourth-order valence-electron chi connectivity index (χ4n) is 5.28. The molecule has 192 valence electrons. The quantitative estimate of drug-likeness (QED) is 0.367. The predicted octanol–water partition coefficient (Wildman–Crippen LogP) is 1.03. The van der Waals surface area contributed by atoms with E-state index in [9.17, 15) is 9.59 Å². The molecule has 0 amide bonds. The maximum Gasteiger partial charge on any atom is 0.232 e. The first-order chi connectivity index (χ1) is 18.7. The second-order valence-electron chi connectivity index (χ2n) is 9.23. The largest absolute Gasteiger partial charge is 0.378 e. The van der Waals surface area contributed by atoms with Crippen molar-refractivity contribution in [2.24, 2.45) is 0 Å². The molecule has 4 heterocycles. The molecular formula is C26H24N8O4. The smallest absolute Gasteiger partial charge is 0.232 e. The van der Waals surface area contributed by atoms with Crippen molar-refractivity contribution in [1.82, 2.24) is 39.8 Å². The second-order valence-corrected chi connectivity index (χ2v) is 9.23. The highest BCUT2D eigenvalue weighted by atomic mass is 16.5. The summed E-state index contributed by atoms with van der Waals surface area (Å²) in [6, 6.07) is 14.8. The number of Topliss-reactive ketones (excluding diaryl/α,β-unsaturated/α-hetero) is 2. The fraction of sp³-hybridized carbons (Fsp3) is 0.308. The molecule has 2 aliphatic heterocycles. The number of hydrogen-bond acceptors (Lipinski definition) is 10. The Morgan fingerprint density at radius 2 is 0.947 bits per heavy atom. The molecule has 2 aromatic heterocycles. The van der Waals surface area contributed by atoms with Crippen LogP contribution in [-0.2, 0) is 19.1 Å². The summed E-state index contributed by atoms with van der Waals surface area (Å²) in [6.07, 6.45) is 0. The molecule has 0 N–H and O–H groups in total. The average molecular weight is 513 g/mol. The number of ketones is 2. The van der Waals surface area contributed by atoms with Gasteiger partial charge in [0.15, 0.2) is 0 Å². The summed E-state index contributed by atoms with van der Waals surface area (Å²) in [5.41, 5.74) is 3.44. The Morgan fingerprint density at radius 3 is 1.37 bits per heavy atom. The number of ether oxygens (including phenoxy) is 2. The summed E-state index contributed by atoms with van der Waals surface area (Å²) in [5.74, 6) is -0.642. The third-order valence-electron chi connectivity index (χ3n) is 7.09. The molecule has 12 nitrogen and oxygen atoms in total. The number of fused-ring (bicyclic) bond motifs is 2. The van der Waals surface area contributed by atoms with Crippen molar-refractivity contribution < 1.29 is 19.1 Å². The predicted molar refractivity (Wildman–Crippen MR) is 136 cm³/mol. The molecule has 2 fully saturated rings. The molecule has 0 radical (unpaired) electrons. The van der Waals surface area contributed by atoms with Crippen molar-refractivity contribution in [3.05, 3.63) is 59.9 Å². The number of carbonyl (C=O) groups is 2. The third kappa shape index (κ3) is 3.52. The first-order valence-corrected chi connectivity index (χ1v) is 12.6. The van der Waals surface area contributed by atoms with Crippen LogP contribution in [-0.4, -0.2) is 104 Å². The lowest BCUT2D eigenvalue weighted by Crippen LogP contribution is -2.46. The van der Waals surface area contributed by atoms with Crippen LogP contribution in [0.5, 0.6) is 0 Å². The molecule has 0 unspecified atom stereocenters. The molecule has 2 saturated heterocycles. The van der Waals surface area contributed by atoms with Crippen molar-refractivity contribution in [1.29, 1.82) is 0 Å². The van der Waals surface area contributed by atoms with Gasteiger partial charge >= 0.3 is 0 Å². The summed E-state index contributed by atoms with van der Waals surface area (Å²) < 4.78 is 14.1. The highest BCUT2D eigenvalue weighted by Crippen LogP contribution is 2.36. The number of para-hydroxylation sites is 2. The van der Waals surface area contributed by atoms with Gasteiger partial charge < -0.3 is 19.3 Å². The van der Waals surface area contributed by atoms with E-state index in [1.165, 1.54) is 9.36 Å². The highest BCUT2D eigenvalue weighted by Gasteiger charge is 2.43. The first kappa shape index (κ1) is 22.8. The Labute approximate surface area is 216 Å². The summed E-state index contributed by atoms with van der Waals surface area (Å²) in [4.78, 5) is 33.1. The Bertz CT molecular complexity index is 1520. The Balaban J connectivity index is 1.50. The van der Waals surface area contributed by atoms with E-state index in [0.717, 1.165) is 0 Å². The maximum atomic E-state index is 14.6. The summed E-state index contributed by atoms with van der Waals surface area (Å²) in [6.45, 7) is 3.61. The first-order valence-electron chi connectivity index (χ1n) is 12.6. The molecule has 38 heavy (non-hydrogen) atoms. The minimum Gasteiger partial charge on any atom is -0.378 e. The zero-order valence-corrected chi connectivity index (χ0v) is 20.5. The molecule has 0 saturated carbocycles. The number of benzene rings is 2. The van der Waals surface area contributed by atoms with E-state index in [-0.39, 0.29) is 34.4 Å². The van der Waals surface area contributed by atoms with E-state index in [1.807, 2.05) is 58.3 Å². The number of hydrogen-bond donors (Lipinski definition) is 0. The molecule has 0 bridgehead atoms. The molecule has 2 aromatic carbocycles. The van der Waals surface area contributed by atoms with Crippen LogP contribution < -0.4 is 0 Å². The fourth-order valence-corrected chi connectivity index (χ4v) is 5.28. The molecule has 0 spiro atoms. The van der Waals surface area contributed by atoms with Crippen LogP contribution >= 0.6 is 0 Å². The molecule has 3 aliphatic rings. The van der Waals surface area contributed by atoms with E-state index in [0.29, 0.717) is 74.7 Å². The van der Waals surface area contributed by atoms with Gasteiger partial charge in [0.2, 0.25) is 11.6 Å². The van der Waals surface area contributed by atoms with E-state index >= 15 is 0 Å². The Kier molecular flexibility index (Phi) is 5.48. The molecule has 0 atom stereocenters. The van der Waals surface area contributed by atoms with Crippen molar-refractivity contribution in [2.75, 3.05) is 52.6 Å². The number of nitrogens with zero attached hydrogens (tertiary/aromatic N) is 8. The van der Waals surface area contributed by atoms with Crippen LogP contribution in [0, 0.1) is 0 Å². The number of carbonyl (C=O) groups excluding carboxylic acids is 2. The lowest BCUT2D eigenvalue weighted by molar-refractivity contribution is -0.117. The van der Waals surface area contributed by atoms with Crippen LogP contribution in [0.25, 0.3) is 33.5 Å². The molecule has 1 aliphatic carbocycles. The zero-order chi connectivity index (χ0) is 25.6. The van der Waals surface area contributed by atoms with E-state index in [2.05, 4.69) is 20.6 Å². The van der Waals surface area contributed by atoms with Gasteiger partial charge in [0.25, 0.3) is 0 Å². The van der Waals surface area contributed by atoms with Crippen molar-refractivity contribution in [3.8, 4) is 0 Å². The lowest BCUT2D eigenvalue weighted by atomic mass is 9.96. The molecule has 12 heteroatoms. The van der Waals surface area contributed by atoms with Gasteiger partial charge in [-0.15, -0.1) is 10.2 Å². The third-order valence-corrected chi connectivity index (χ3v) is 7.09. The Morgan fingerprint density at radius 1 is 0.553 bits per heavy atom. The van der Waals surface area contributed by atoms with Gasteiger partial charge in [0, 0.05) is 26.2 Å². The van der Waals surface area contributed by atoms with Gasteiger partial charge in [0.05, 0.1) is 37.5 Å². The summed E-state index contributed by atoms with van der Waals surface area (Å²) >= 11 is 0.